The van der Waals surface area contributed by atoms with Crippen molar-refractivity contribution in [1.29, 1.82) is 0 Å². The summed E-state index contributed by atoms with van der Waals surface area (Å²) in [5.41, 5.74) is 0.330. The maximum atomic E-state index is 13.4. The van der Waals surface area contributed by atoms with Crippen LogP contribution in [0.25, 0.3) is 0 Å². The number of ether oxygens (including phenoxy) is 4. The molecule has 128 valence electrons. The van der Waals surface area contributed by atoms with Crippen molar-refractivity contribution in [2.45, 2.75) is 0 Å². The molecule has 0 heterocycles. The molecule has 7 heteroatoms. The van der Waals surface area contributed by atoms with Crippen molar-refractivity contribution < 1.29 is 28.1 Å². The molecule has 0 saturated heterocycles. The number of carbonyl (C=O) groups excluding carboxylic acids is 1. The van der Waals surface area contributed by atoms with Gasteiger partial charge >= 0.3 is 5.97 Å². The monoisotopic (exact) mass is 398 g/mol. The fraction of sp³-hybridized carbons (Fsp3) is 0.235. The van der Waals surface area contributed by atoms with Crippen molar-refractivity contribution in [3.63, 3.8) is 0 Å². The van der Waals surface area contributed by atoms with Gasteiger partial charge in [-0.25, -0.2) is 9.18 Å². The predicted molar refractivity (Wildman–Crippen MR) is 89.4 cm³/mol. The van der Waals surface area contributed by atoms with Crippen LogP contribution in [0.1, 0.15) is 10.4 Å². The number of methoxy groups -OCH3 is 2. The predicted octanol–water partition coefficient (Wildman–Crippen LogP) is 3.84. The van der Waals surface area contributed by atoms with Crippen molar-refractivity contribution in [2.24, 2.45) is 0 Å². The smallest absolute Gasteiger partial charge is 0.338 e. The number of benzene rings is 2. The van der Waals surface area contributed by atoms with Gasteiger partial charge in [-0.3, -0.25) is 0 Å². The Morgan fingerprint density at radius 2 is 1.79 bits per heavy atom. The zero-order valence-corrected chi connectivity index (χ0v) is 14.8. The van der Waals surface area contributed by atoms with E-state index in [1.54, 1.807) is 18.2 Å². The van der Waals surface area contributed by atoms with Gasteiger partial charge in [0.1, 0.15) is 13.2 Å². The van der Waals surface area contributed by atoms with Crippen LogP contribution >= 0.6 is 15.9 Å². The van der Waals surface area contributed by atoms with Gasteiger partial charge in [0.05, 0.1) is 24.3 Å². The third kappa shape index (κ3) is 4.38. The van der Waals surface area contributed by atoms with Gasteiger partial charge in [-0.2, -0.15) is 0 Å². The van der Waals surface area contributed by atoms with Crippen molar-refractivity contribution >= 4 is 21.9 Å². The zero-order chi connectivity index (χ0) is 17.5. The molecule has 5 nitrogen and oxygen atoms in total. The third-order valence-electron chi connectivity index (χ3n) is 3.07. The Hall–Kier alpha value is -2.28. The highest BCUT2D eigenvalue weighted by Gasteiger charge is 2.16. The van der Waals surface area contributed by atoms with Crippen LogP contribution in [0.15, 0.2) is 40.9 Å². The summed E-state index contributed by atoms with van der Waals surface area (Å²) in [5.74, 6) is 0.0354. The molecule has 0 aromatic heterocycles. The Balaban J connectivity index is 2.02. The average Bonchev–Trinajstić information content (AvgIpc) is 2.59. The molecule has 0 radical (unpaired) electrons. The maximum absolute atomic E-state index is 13.4. The van der Waals surface area contributed by atoms with E-state index in [1.807, 2.05) is 0 Å². The highest BCUT2D eigenvalue weighted by Crippen LogP contribution is 2.36. The summed E-state index contributed by atoms with van der Waals surface area (Å²) in [6.07, 6.45) is 0. The van der Waals surface area contributed by atoms with Crippen LogP contribution in [0.3, 0.4) is 0 Å². The second-order valence-electron chi connectivity index (χ2n) is 4.61. The van der Waals surface area contributed by atoms with Gasteiger partial charge < -0.3 is 18.9 Å². The van der Waals surface area contributed by atoms with Crippen molar-refractivity contribution in [3.05, 3.63) is 52.3 Å². The van der Waals surface area contributed by atoms with E-state index in [1.165, 1.54) is 32.4 Å². The van der Waals surface area contributed by atoms with E-state index < -0.39 is 11.8 Å². The molecule has 0 fully saturated rings. The Morgan fingerprint density at radius 1 is 1.08 bits per heavy atom. The van der Waals surface area contributed by atoms with Crippen LogP contribution in [0.5, 0.6) is 17.2 Å². The number of rotatable bonds is 7. The van der Waals surface area contributed by atoms with Crippen LogP contribution < -0.4 is 14.2 Å². The first-order valence-corrected chi connectivity index (χ1v) is 7.82. The topological polar surface area (TPSA) is 54.0 Å². The van der Waals surface area contributed by atoms with E-state index in [-0.39, 0.29) is 19.0 Å². The molecule has 24 heavy (non-hydrogen) atoms. The molecule has 0 unspecified atom stereocenters. The highest BCUT2D eigenvalue weighted by molar-refractivity contribution is 9.10. The standard InChI is InChI=1S/C17H16BrFO5/c1-21-15-10-11(17(20)22-2)9-12(18)16(15)24-8-7-23-14-6-4-3-5-13(14)19/h3-6,9-10H,7-8H2,1-2H3. The average molecular weight is 399 g/mol. The molecule has 0 N–H and O–H groups in total. The van der Waals surface area contributed by atoms with Crippen LogP contribution in [-0.2, 0) is 4.74 Å². The van der Waals surface area contributed by atoms with Gasteiger partial charge in [0.25, 0.3) is 0 Å². The van der Waals surface area contributed by atoms with Crippen LogP contribution in [0.2, 0.25) is 0 Å². The molecule has 0 aliphatic rings. The fourth-order valence-corrected chi connectivity index (χ4v) is 2.51. The maximum Gasteiger partial charge on any atom is 0.338 e. The van der Waals surface area contributed by atoms with E-state index in [2.05, 4.69) is 20.7 Å². The van der Waals surface area contributed by atoms with E-state index in [9.17, 15) is 9.18 Å². The number of para-hydroxylation sites is 1. The minimum atomic E-state index is -0.483. The number of hydrogen-bond donors (Lipinski definition) is 0. The molecule has 0 saturated carbocycles. The van der Waals surface area contributed by atoms with E-state index in [0.29, 0.717) is 21.5 Å². The number of hydrogen-bond acceptors (Lipinski definition) is 5. The number of halogens is 2. The summed E-state index contributed by atoms with van der Waals surface area (Å²) >= 11 is 3.33. The SMILES string of the molecule is COC(=O)c1cc(Br)c(OCCOc2ccccc2F)c(OC)c1. The quantitative estimate of drug-likeness (QED) is 0.523. The van der Waals surface area contributed by atoms with Crippen LogP contribution in [-0.4, -0.2) is 33.4 Å². The fourth-order valence-electron chi connectivity index (χ4n) is 1.95. The van der Waals surface area contributed by atoms with Gasteiger partial charge in [0, 0.05) is 0 Å². The molecular formula is C17H16BrFO5. The van der Waals surface area contributed by atoms with Crippen molar-refractivity contribution in [2.75, 3.05) is 27.4 Å². The van der Waals surface area contributed by atoms with Crippen molar-refractivity contribution in [3.8, 4) is 17.2 Å². The zero-order valence-electron chi connectivity index (χ0n) is 13.2. The molecular weight excluding hydrogens is 383 g/mol. The summed E-state index contributed by atoms with van der Waals surface area (Å²) in [6, 6.07) is 9.22. The molecule has 0 aliphatic heterocycles. The number of esters is 1. The lowest BCUT2D eigenvalue weighted by atomic mass is 10.2. The second-order valence-corrected chi connectivity index (χ2v) is 5.46. The molecule has 0 bridgehead atoms. The Labute approximate surface area is 147 Å². The Kier molecular flexibility index (Phi) is 6.43. The number of carbonyl (C=O) groups is 1. The Bertz CT molecular complexity index is 720. The molecule has 0 amide bonds. The molecule has 2 aromatic carbocycles. The molecule has 2 aromatic rings. The first-order chi connectivity index (χ1) is 11.6. The lowest BCUT2D eigenvalue weighted by Gasteiger charge is -2.14. The lowest BCUT2D eigenvalue weighted by Crippen LogP contribution is -2.11. The summed E-state index contributed by atoms with van der Waals surface area (Å²) in [5, 5.41) is 0. The van der Waals surface area contributed by atoms with E-state index >= 15 is 0 Å². The molecule has 0 atom stereocenters. The minimum Gasteiger partial charge on any atom is -0.493 e. The van der Waals surface area contributed by atoms with E-state index in [0.717, 1.165) is 0 Å². The van der Waals surface area contributed by atoms with Gasteiger partial charge in [-0.05, 0) is 40.2 Å². The first-order valence-electron chi connectivity index (χ1n) is 7.02. The Morgan fingerprint density at radius 3 is 2.46 bits per heavy atom. The lowest BCUT2D eigenvalue weighted by molar-refractivity contribution is 0.0600. The molecule has 2 rings (SSSR count). The van der Waals surface area contributed by atoms with Gasteiger partial charge in [-0.1, -0.05) is 12.1 Å². The van der Waals surface area contributed by atoms with Crippen LogP contribution in [0.4, 0.5) is 4.39 Å². The third-order valence-corrected chi connectivity index (χ3v) is 3.66. The molecule has 0 spiro atoms. The van der Waals surface area contributed by atoms with Gasteiger partial charge in [0.15, 0.2) is 23.1 Å². The summed E-state index contributed by atoms with van der Waals surface area (Å²) in [6.45, 7) is 0.316. The highest BCUT2D eigenvalue weighted by atomic mass is 79.9. The van der Waals surface area contributed by atoms with Crippen LogP contribution in [0, 0.1) is 5.82 Å². The second kappa shape index (κ2) is 8.54. The van der Waals surface area contributed by atoms with E-state index in [4.69, 9.17) is 14.2 Å². The normalized spacial score (nSPS) is 10.2. The summed E-state index contributed by atoms with van der Waals surface area (Å²) < 4.78 is 34.8. The van der Waals surface area contributed by atoms with Crippen molar-refractivity contribution in [1.82, 2.24) is 0 Å². The van der Waals surface area contributed by atoms with Gasteiger partial charge in [-0.15, -0.1) is 0 Å². The first kappa shape index (κ1) is 18.1. The summed E-state index contributed by atoms with van der Waals surface area (Å²) in [7, 11) is 2.76. The minimum absolute atomic E-state index is 0.148. The molecule has 0 aliphatic carbocycles. The van der Waals surface area contributed by atoms with Gasteiger partial charge in [0.2, 0.25) is 0 Å². The summed E-state index contributed by atoms with van der Waals surface area (Å²) in [4.78, 5) is 11.6. The largest absolute Gasteiger partial charge is 0.493 e.